The van der Waals surface area contributed by atoms with Gasteiger partial charge in [-0.25, -0.2) is 5.84 Å². The van der Waals surface area contributed by atoms with Gasteiger partial charge in [0, 0.05) is 31.1 Å². The molecule has 2 heterocycles. The van der Waals surface area contributed by atoms with Crippen LogP contribution >= 0.6 is 11.3 Å². The van der Waals surface area contributed by atoms with Gasteiger partial charge in [0.25, 0.3) is 5.91 Å². The lowest BCUT2D eigenvalue weighted by Crippen LogP contribution is -2.32. The van der Waals surface area contributed by atoms with Crippen LogP contribution in [-0.2, 0) is 6.54 Å². The van der Waals surface area contributed by atoms with Gasteiger partial charge in [0.1, 0.15) is 0 Å². The van der Waals surface area contributed by atoms with Crippen molar-refractivity contribution in [2.24, 2.45) is 5.84 Å². The summed E-state index contributed by atoms with van der Waals surface area (Å²) in [7, 11) is 0. The quantitative estimate of drug-likeness (QED) is 0.410. The molecule has 1 fully saturated rings. The zero-order valence-corrected chi connectivity index (χ0v) is 13.3. The minimum atomic E-state index is -0.223. The lowest BCUT2D eigenvalue weighted by molar-refractivity contribution is 0.0957. The fraction of sp³-hybridized carbons (Fsp3) is 0.643. The number of carbonyl (C=O) groups excluding carboxylic acids is 1. The first-order valence-corrected chi connectivity index (χ1v) is 8.11. The number of nitrogens with one attached hydrogen (secondary N) is 1. The molecule has 0 spiro atoms. The standard InChI is InChI=1S/C14H24N4O2S/c1-11-12(9-13(21-11)14(20)16-15)10-18-4-2-3-17(5-6-18)7-8-19/h9,19H,2-8,10,15H2,1H3,(H,16,20). The largest absolute Gasteiger partial charge is 0.395 e. The monoisotopic (exact) mass is 312 g/mol. The van der Waals surface area contributed by atoms with Gasteiger partial charge in [-0.1, -0.05) is 0 Å². The Labute approximate surface area is 129 Å². The fourth-order valence-electron chi connectivity index (χ4n) is 2.65. The van der Waals surface area contributed by atoms with Crippen molar-refractivity contribution < 1.29 is 9.90 Å². The van der Waals surface area contributed by atoms with E-state index in [0.29, 0.717) is 4.88 Å². The highest BCUT2D eigenvalue weighted by atomic mass is 32.1. The second-order valence-electron chi connectivity index (χ2n) is 5.36. The summed E-state index contributed by atoms with van der Waals surface area (Å²) in [6.45, 7) is 7.97. The van der Waals surface area contributed by atoms with Crippen molar-refractivity contribution in [3.8, 4) is 0 Å². The van der Waals surface area contributed by atoms with E-state index in [9.17, 15) is 4.79 Å². The molecule has 0 atom stereocenters. The van der Waals surface area contributed by atoms with Gasteiger partial charge >= 0.3 is 0 Å². The van der Waals surface area contributed by atoms with Gasteiger partial charge in [0.15, 0.2) is 0 Å². The van der Waals surface area contributed by atoms with E-state index in [1.54, 1.807) is 0 Å². The SMILES string of the molecule is Cc1sc(C(=O)NN)cc1CN1CCCN(CCO)CC1. The number of aliphatic hydroxyl groups is 1. The summed E-state index contributed by atoms with van der Waals surface area (Å²) in [5.74, 6) is 4.96. The van der Waals surface area contributed by atoms with E-state index in [4.69, 9.17) is 10.9 Å². The molecule has 2 rings (SSSR count). The predicted octanol–water partition coefficient (Wildman–Crippen LogP) is 0.160. The summed E-state index contributed by atoms with van der Waals surface area (Å²) in [4.78, 5) is 18.1. The fourth-order valence-corrected chi connectivity index (χ4v) is 3.59. The van der Waals surface area contributed by atoms with E-state index < -0.39 is 0 Å². The summed E-state index contributed by atoms with van der Waals surface area (Å²) in [5, 5.41) is 9.02. The van der Waals surface area contributed by atoms with Crippen LogP contribution < -0.4 is 11.3 Å². The lowest BCUT2D eigenvalue weighted by Gasteiger charge is -2.21. The third-order valence-electron chi connectivity index (χ3n) is 3.87. The number of carbonyl (C=O) groups is 1. The van der Waals surface area contributed by atoms with Crippen molar-refractivity contribution in [3.63, 3.8) is 0 Å². The second-order valence-corrected chi connectivity index (χ2v) is 6.62. The molecule has 4 N–H and O–H groups in total. The second kappa shape index (κ2) is 7.86. The van der Waals surface area contributed by atoms with E-state index in [-0.39, 0.29) is 12.5 Å². The Balaban J connectivity index is 1.95. The Morgan fingerprint density at radius 1 is 1.38 bits per heavy atom. The summed E-state index contributed by atoms with van der Waals surface area (Å²) in [6.07, 6.45) is 1.11. The number of amides is 1. The smallest absolute Gasteiger partial charge is 0.275 e. The highest BCUT2D eigenvalue weighted by Crippen LogP contribution is 2.23. The number of nitrogens with zero attached hydrogens (tertiary/aromatic N) is 2. The van der Waals surface area contributed by atoms with Gasteiger partial charge in [-0.3, -0.25) is 20.0 Å². The normalized spacial score (nSPS) is 17.7. The van der Waals surface area contributed by atoms with E-state index >= 15 is 0 Å². The number of hydrazine groups is 1. The number of rotatable bonds is 5. The van der Waals surface area contributed by atoms with E-state index in [0.717, 1.165) is 45.7 Å². The van der Waals surface area contributed by atoms with Crippen molar-refractivity contribution in [2.75, 3.05) is 39.3 Å². The number of hydrogen-bond acceptors (Lipinski definition) is 6. The van der Waals surface area contributed by atoms with Crippen LogP contribution in [-0.4, -0.2) is 60.1 Å². The van der Waals surface area contributed by atoms with Crippen LogP contribution in [0.25, 0.3) is 0 Å². The van der Waals surface area contributed by atoms with Crippen LogP contribution in [0, 0.1) is 6.92 Å². The maximum atomic E-state index is 11.6. The van der Waals surface area contributed by atoms with Gasteiger partial charge < -0.3 is 5.11 Å². The number of nitrogen functional groups attached to an aromatic ring is 1. The Hall–Kier alpha value is -0.990. The molecule has 21 heavy (non-hydrogen) atoms. The van der Waals surface area contributed by atoms with Crippen molar-refractivity contribution in [1.29, 1.82) is 0 Å². The van der Waals surface area contributed by atoms with Crippen molar-refractivity contribution in [3.05, 3.63) is 21.4 Å². The maximum absolute atomic E-state index is 11.6. The average Bonchev–Trinajstić information content (AvgIpc) is 2.70. The number of hydrogen-bond donors (Lipinski definition) is 3. The molecule has 0 aromatic carbocycles. The Bertz CT molecular complexity index is 478. The zero-order chi connectivity index (χ0) is 15.2. The third-order valence-corrected chi connectivity index (χ3v) is 4.96. The van der Waals surface area contributed by atoms with Crippen LogP contribution in [0.15, 0.2) is 6.07 Å². The molecule has 1 amide bonds. The number of aliphatic hydroxyl groups excluding tert-OH is 1. The Morgan fingerprint density at radius 3 is 2.81 bits per heavy atom. The molecule has 118 valence electrons. The first kappa shape index (κ1) is 16.4. The first-order valence-electron chi connectivity index (χ1n) is 7.30. The molecular formula is C14H24N4O2S. The molecule has 1 aromatic heterocycles. The maximum Gasteiger partial charge on any atom is 0.275 e. The van der Waals surface area contributed by atoms with Crippen LogP contribution in [0.2, 0.25) is 0 Å². The first-order chi connectivity index (χ1) is 10.1. The van der Waals surface area contributed by atoms with E-state index in [1.165, 1.54) is 21.8 Å². The molecule has 0 radical (unpaired) electrons. The highest BCUT2D eigenvalue weighted by Gasteiger charge is 2.17. The molecular weight excluding hydrogens is 288 g/mol. The van der Waals surface area contributed by atoms with E-state index in [1.807, 2.05) is 13.0 Å². The number of thiophene rings is 1. The summed E-state index contributed by atoms with van der Waals surface area (Å²) < 4.78 is 0. The van der Waals surface area contributed by atoms with Gasteiger partial charge in [0.2, 0.25) is 0 Å². The van der Waals surface area contributed by atoms with Crippen molar-refractivity contribution in [1.82, 2.24) is 15.2 Å². The molecule has 0 aliphatic carbocycles. The van der Waals surface area contributed by atoms with Crippen LogP contribution in [0.3, 0.4) is 0 Å². The van der Waals surface area contributed by atoms with Gasteiger partial charge in [-0.05, 0) is 38.1 Å². The molecule has 7 heteroatoms. The molecule has 1 aromatic rings. The predicted molar refractivity (Wildman–Crippen MR) is 84.1 cm³/mol. The number of nitrogens with two attached hydrogens (primary N) is 1. The molecule has 0 saturated carbocycles. The molecule has 1 aliphatic rings. The minimum Gasteiger partial charge on any atom is -0.395 e. The van der Waals surface area contributed by atoms with Gasteiger partial charge in [-0.2, -0.15) is 0 Å². The van der Waals surface area contributed by atoms with E-state index in [2.05, 4.69) is 15.2 Å². The molecule has 0 unspecified atom stereocenters. The summed E-state index contributed by atoms with van der Waals surface area (Å²) >= 11 is 1.49. The van der Waals surface area contributed by atoms with Gasteiger partial charge in [-0.15, -0.1) is 11.3 Å². The minimum absolute atomic E-state index is 0.223. The molecule has 0 bridgehead atoms. The van der Waals surface area contributed by atoms with Crippen LogP contribution in [0.4, 0.5) is 0 Å². The highest BCUT2D eigenvalue weighted by molar-refractivity contribution is 7.14. The Kier molecular flexibility index (Phi) is 6.13. The van der Waals surface area contributed by atoms with Crippen molar-refractivity contribution in [2.45, 2.75) is 19.9 Å². The lowest BCUT2D eigenvalue weighted by atomic mass is 10.2. The topological polar surface area (TPSA) is 81.8 Å². The zero-order valence-electron chi connectivity index (χ0n) is 12.5. The van der Waals surface area contributed by atoms with Crippen LogP contribution in [0.5, 0.6) is 0 Å². The average molecular weight is 312 g/mol. The molecule has 6 nitrogen and oxygen atoms in total. The molecule has 1 saturated heterocycles. The number of aryl methyl sites for hydroxylation is 1. The van der Waals surface area contributed by atoms with Crippen LogP contribution in [0.1, 0.15) is 26.5 Å². The number of β-amino-alcohol motifs (C(OH)–C–C–N with tert-alkyl or cyclic N) is 1. The third kappa shape index (κ3) is 4.49. The van der Waals surface area contributed by atoms with Gasteiger partial charge in [0.05, 0.1) is 11.5 Å². The summed E-state index contributed by atoms with van der Waals surface area (Å²) in [6, 6.07) is 1.94. The molecule has 1 aliphatic heterocycles. The summed E-state index contributed by atoms with van der Waals surface area (Å²) in [5.41, 5.74) is 3.39. The Morgan fingerprint density at radius 2 is 2.10 bits per heavy atom. The van der Waals surface area contributed by atoms with Crippen molar-refractivity contribution >= 4 is 17.2 Å².